The molecule has 2 aromatic carbocycles. The molecule has 3 atom stereocenters. The van der Waals surface area contributed by atoms with E-state index in [1.54, 1.807) is 4.90 Å². The lowest BCUT2D eigenvalue weighted by Crippen LogP contribution is -2.53. The van der Waals surface area contributed by atoms with E-state index in [2.05, 4.69) is 26.2 Å². The van der Waals surface area contributed by atoms with Crippen LogP contribution in [0.4, 0.5) is 21.8 Å². The molecular weight excluding hydrogens is 757 g/mol. The van der Waals surface area contributed by atoms with E-state index >= 15 is 0 Å². The number of fused-ring (bicyclic) bond motifs is 4. The molecule has 3 N–H and O–H groups in total. The number of nitrogens with zero attached hydrogens (tertiary/aromatic N) is 5. The van der Waals surface area contributed by atoms with E-state index in [9.17, 15) is 23.6 Å². The van der Waals surface area contributed by atoms with Gasteiger partial charge in [-0.1, -0.05) is 6.07 Å². The van der Waals surface area contributed by atoms with Crippen molar-refractivity contribution in [3.63, 3.8) is 0 Å². The number of nitrogens with one attached hydrogen (secondary N) is 1. The number of benzene rings is 2. The van der Waals surface area contributed by atoms with E-state index < -0.39 is 23.8 Å². The zero-order valence-corrected chi connectivity index (χ0v) is 32.4. The second-order valence-corrected chi connectivity index (χ2v) is 14.2. The third-order valence-electron chi connectivity index (χ3n) is 10.6. The standard InChI is InChI=1S/C40H50FN7O10/c41-27-1-3-29-30-26-46(28-2-4-31-35(24-28)58-40(44-31)45-11-15-55-16-12-45)10-7-32(30)47(33(29)23-27)38(51)8-13-53-17-19-56-21-22-57-20-18-54-14-9-43-39(52)34(25-42)48-36(49)5-6-37(48)50/h1-6,23-24,30,32,34H,7-22,25-26,42H2,(H,43,52)/t30?,32?,34-/m0/s1. The van der Waals surface area contributed by atoms with Crippen LogP contribution in [0.2, 0.25) is 0 Å². The highest BCUT2D eigenvalue weighted by Crippen LogP contribution is 2.46. The SMILES string of the molecule is NC[C@@H](C(=O)NCCOCCOCCOCCOCCC(=O)N1c2cc(F)ccc2C2CN(c3ccc4nc(N5CCOCC5)oc4c3)CCC21)N1C(=O)C=CC1=O. The van der Waals surface area contributed by atoms with Crippen LogP contribution >= 0.6 is 0 Å². The minimum absolute atomic E-state index is 0.0219. The molecule has 5 heterocycles. The number of anilines is 3. The summed E-state index contributed by atoms with van der Waals surface area (Å²) in [7, 11) is 0. The van der Waals surface area contributed by atoms with Gasteiger partial charge in [0.25, 0.3) is 17.8 Å². The molecule has 2 unspecified atom stereocenters. The Labute approximate surface area is 335 Å². The van der Waals surface area contributed by atoms with Crippen LogP contribution < -0.4 is 25.8 Å². The average molecular weight is 808 g/mol. The maximum atomic E-state index is 14.5. The zero-order valence-electron chi connectivity index (χ0n) is 32.4. The maximum absolute atomic E-state index is 14.5. The molecule has 18 heteroatoms. The van der Waals surface area contributed by atoms with Gasteiger partial charge in [-0.25, -0.2) is 4.39 Å². The van der Waals surface area contributed by atoms with E-state index in [-0.39, 0.29) is 56.4 Å². The molecule has 312 valence electrons. The number of piperidine rings is 1. The first kappa shape index (κ1) is 41.2. The number of imide groups is 1. The molecule has 58 heavy (non-hydrogen) atoms. The normalized spacial score (nSPS) is 19.6. The maximum Gasteiger partial charge on any atom is 0.298 e. The molecule has 2 fully saturated rings. The molecule has 4 aliphatic rings. The molecule has 0 bridgehead atoms. The van der Waals surface area contributed by atoms with Crippen molar-refractivity contribution >= 4 is 52.1 Å². The number of nitrogens with two attached hydrogens (primary N) is 1. The smallest absolute Gasteiger partial charge is 0.298 e. The number of halogens is 1. The third-order valence-corrected chi connectivity index (χ3v) is 10.6. The van der Waals surface area contributed by atoms with Crippen LogP contribution in [0.3, 0.4) is 0 Å². The van der Waals surface area contributed by atoms with Gasteiger partial charge in [-0.2, -0.15) is 4.98 Å². The molecule has 4 amide bonds. The summed E-state index contributed by atoms with van der Waals surface area (Å²) in [5, 5.41) is 2.61. The van der Waals surface area contributed by atoms with Gasteiger partial charge < -0.3 is 53.9 Å². The fraction of sp³-hybridized carbons (Fsp3) is 0.525. The van der Waals surface area contributed by atoms with Crippen LogP contribution in [0.25, 0.3) is 11.1 Å². The van der Waals surface area contributed by atoms with Gasteiger partial charge in [0.1, 0.15) is 17.4 Å². The summed E-state index contributed by atoms with van der Waals surface area (Å²) in [6, 6.07) is 10.3. The second-order valence-electron chi connectivity index (χ2n) is 14.2. The second kappa shape index (κ2) is 19.6. The molecule has 1 aromatic heterocycles. The van der Waals surface area contributed by atoms with Crippen LogP contribution in [0.15, 0.2) is 53.0 Å². The molecule has 2 saturated heterocycles. The molecule has 3 aromatic rings. The highest BCUT2D eigenvalue weighted by Gasteiger charge is 2.44. The van der Waals surface area contributed by atoms with Gasteiger partial charge in [-0.15, -0.1) is 0 Å². The van der Waals surface area contributed by atoms with Crippen molar-refractivity contribution in [2.45, 2.75) is 30.8 Å². The number of aromatic nitrogens is 1. The Hall–Kier alpha value is -4.98. The molecule has 7 rings (SSSR count). The Kier molecular flexibility index (Phi) is 14.0. The summed E-state index contributed by atoms with van der Waals surface area (Å²) in [4.78, 5) is 61.3. The fourth-order valence-electron chi connectivity index (χ4n) is 7.77. The van der Waals surface area contributed by atoms with Crippen LogP contribution in [0.5, 0.6) is 0 Å². The lowest BCUT2D eigenvalue weighted by molar-refractivity contribution is -0.145. The summed E-state index contributed by atoms with van der Waals surface area (Å²) >= 11 is 0. The van der Waals surface area contributed by atoms with Crippen LogP contribution in [-0.4, -0.2) is 151 Å². The number of carbonyl (C=O) groups excluding carboxylic acids is 4. The Bertz CT molecular complexity index is 1940. The molecule has 0 spiro atoms. The summed E-state index contributed by atoms with van der Waals surface area (Å²) in [5.41, 5.74) is 9.75. The number of morpholine rings is 1. The zero-order chi connectivity index (χ0) is 40.4. The highest BCUT2D eigenvalue weighted by atomic mass is 19.1. The monoisotopic (exact) mass is 807 g/mol. The number of hydrogen-bond donors (Lipinski definition) is 2. The van der Waals surface area contributed by atoms with Gasteiger partial charge in [0, 0.05) is 75.1 Å². The predicted molar refractivity (Wildman–Crippen MR) is 209 cm³/mol. The van der Waals surface area contributed by atoms with Crippen molar-refractivity contribution in [2.24, 2.45) is 5.73 Å². The Balaban J connectivity index is 0.768. The van der Waals surface area contributed by atoms with E-state index in [1.807, 2.05) is 18.2 Å². The highest BCUT2D eigenvalue weighted by molar-refractivity contribution is 6.15. The first-order chi connectivity index (χ1) is 28.3. The Morgan fingerprint density at radius 2 is 1.57 bits per heavy atom. The van der Waals surface area contributed by atoms with Crippen molar-refractivity contribution in [3.05, 3.63) is 59.9 Å². The third kappa shape index (κ3) is 9.65. The molecule has 0 radical (unpaired) electrons. The topological polar surface area (TPSA) is 191 Å². The van der Waals surface area contributed by atoms with E-state index in [4.69, 9.17) is 33.8 Å². The number of amides is 4. The van der Waals surface area contributed by atoms with Crippen molar-refractivity contribution < 1.29 is 51.7 Å². The summed E-state index contributed by atoms with van der Waals surface area (Å²) < 4.78 is 48.4. The molecule has 0 saturated carbocycles. The van der Waals surface area contributed by atoms with Gasteiger partial charge in [0.05, 0.1) is 78.2 Å². The van der Waals surface area contributed by atoms with E-state index in [0.29, 0.717) is 71.1 Å². The van der Waals surface area contributed by atoms with Gasteiger partial charge in [0.2, 0.25) is 11.8 Å². The first-order valence-electron chi connectivity index (χ1n) is 19.8. The van der Waals surface area contributed by atoms with Crippen LogP contribution in [0.1, 0.15) is 24.3 Å². The lowest BCUT2D eigenvalue weighted by atomic mass is 9.88. The van der Waals surface area contributed by atoms with Gasteiger partial charge in [-0.3, -0.25) is 24.1 Å². The van der Waals surface area contributed by atoms with Crippen molar-refractivity contribution in [1.82, 2.24) is 15.2 Å². The van der Waals surface area contributed by atoms with E-state index in [1.165, 1.54) is 12.1 Å². The molecular formula is C40H50FN7O10. The lowest BCUT2D eigenvalue weighted by Gasteiger charge is -2.39. The first-order valence-corrected chi connectivity index (χ1v) is 19.8. The van der Waals surface area contributed by atoms with Crippen molar-refractivity contribution in [2.75, 3.05) is 120 Å². The van der Waals surface area contributed by atoms with E-state index in [0.717, 1.165) is 65.5 Å². The number of oxazole rings is 1. The number of rotatable bonds is 20. The van der Waals surface area contributed by atoms with Crippen molar-refractivity contribution in [3.8, 4) is 0 Å². The number of hydrogen-bond acceptors (Lipinski definition) is 14. The predicted octanol–water partition coefficient (Wildman–Crippen LogP) is 1.34. The van der Waals surface area contributed by atoms with Crippen LogP contribution in [0, 0.1) is 5.82 Å². The van der Waals surface area contributed by atoms with Gasteiger partial charge in [-0.05, 0) is 36.2 Å². The fourth-order valence-corrected chi connectivity index (χ4v) is 7.77. The number of ether oxygens (including phenoxy) is 5. The van der Waals surface area contributed by atoms with Crippen molar-refractivity contribution in [1.29, 1.82) is 0 Å². The molecule has 0 aliphatic carbocycles. The van der Waals surface area contributed by atoms with Crippen LogP contribution in [-0.2, 0) is 42.9 Å². The molecule has 17 nitrogen and oxygen atoms in total. The average Bonchev–Trinajstić information content (AvgIpc) is 3.91. The summed E-state index contributed by atoms with van der Waals surface area (Å²) in [5.74, 6) is -2.12. The van der Waals surface area contributed by atoms with Gasteiger partial charge in [0.15, 0.2) is 5.58 Å². The Morgan fingerprint density at radius 1 is 0.879 bits per heavy atom. The molecule has 4 aliphatic heterocycles. The minimum Gasteiger partial charge on any atom is -0.423 e. The summed E-state index contributed by atoms with van der Waals surface area (Å²) in [6.45, 7) is 6.54. The Morgan fingerprint density at radius 3 is 2.28 bits per heavy atom. The summed E-state index contributed by atoms with van der Waals surface area (Å²) in [6.07, 6.45) is 3.09. The van der Waals surface area contributed by atoms with Gasteiger partial charge >= 0.3 is 0 Å². The number of carbonyl (C=O) groups is 4. The minimum atomic E-state index is -1.07. The largest absolute Gasteiger partial charge is 0.423 e. The quantitative estimate of drug-likeness (QED) is 0.123.